The fourth-order valence-electron chi connectivity index (χ4n) is 10.6. The Labute approximate surface area is 393 Å². The molecule has 314 valence electrons. The molecule has 0 spiro atoms. The lowest BCUT2D eigenvalue weighted by Crippen LogP contribution is -2.28. The summed E-state index contributed by atoms with van der Waals surface area (Å²) in [6.45, 7) is 2.19. The van der Waals surface area contributed by atoms with Gasteiger partial charge in [-0.15, -0.1) is 11.3 Å². The van der Waals surface area contributed by atoms with Gasteiger partial charge in [0, 0.05) is 36.9 Å². The molecule has 0 aliphatic heterocycles. The largest absolute Gasteiger partial charge is 0.208 e. The minimum absolute atomic E-state index is 0.550. The van der Waals surface area contributed by atoms with Crippen LogP contribution in [-0.4, -0.2) is 15.0 Å². The molecule has 0 fully saturated rings. The van der Waals surface area contributed by atoms with E-state index in [0.29, 0.717) is 17.5 Å². The van der Waals surface area contributed by atoms with Gasteiger partial charge in [0.2, 0.25) is 0 Å². The maximum absolute atomic E-state index is 5.36. The molecule has 1 aliphatic rings. The Hall–Kier alpha value is -8.31. The summed E-state index contributed by atoms with van der Waals surface area (Å²) in [5.41, 5.74) is 15.5. The van der Waals surface area contributed by atoms with Crippen molar-refractivity contribution in [3.63, 3.8) is 0 Å². The Kier molecular flexibility index (Phi) is 9.16. The van der Waals surface area contributed by atoms with Crippen molar-refractivity contribution in [1.82, 2.24) is 15.0 Å². The Balaban J connectivity index is 0.976. The van der Waals surface area contributed by atoms with Crippen molar-refractivity contribution >= 4 is 42.3 Å². The van der Waals surface area contributed by atoms with Crippen LogP contribution in [0, 0.1) is 6.92 Å². The van der Waals surface area contributed by atoms with Crippen LogP contribution in [0.5, 0.6) is 0 Å². The average Bonchev–Trinajstić information content (AvgIpc) is 3.92. The topological polar surface area (TPSA) is 38.7 Å². The third-order valence-electron chi connectivity index (χ3n) is 13.8. The first-order valence-corrected chi connectivity index (χ1v) is 23.6. The molecular weight excluding hydrogens is 831 g/mol. The highest BCUT2D eigenvalue weighted by molar-refractivity contribution is 7.25. The SMILES string of the molecule is Cc1cc(-c2nc(-c3ccc(-c4cccc5ccccc45)cc3)nc(-c3ccc4c(c3)C(c3ccccc3)(c3ccccc3)c3ccccc3-4)n2)ccc1-c1ccc2sc3ccccc3c2c1. The molecule has 67 heavy (non-hydrogen) atoms. The number of nitrogens with zero attached hydrogens (tertiary/aromatic N) is 3. The van der Waals surface area contributed by atoms with Gasteiger partial charge in [-0.25, -0.2) is 15.0 Å². The van der Waals surface area contributed by atoms with Crippen LogP contribution in [0.3, 0.4) is 0 Å². The molecule has 0 amide bonds. The van der Waals surface area contributed by atoms with Gasteiger partial charge in [0.25, 0.3) is 0 Å². The Bertz CT molecular complexity index is 3830. The molecule has 10 aromatic carbocycles. The van der Waals surface area contributed by atoms with E-state index < -0.39 is 5.41 Å². The maximum atomic E-state index is 5.36. The summed E-state index contributed by atoms with van der Waals surface area (Å²) in [7, 11) is 0. The van der Waals surface area contributed by atoms with Crippen LogP contribution >= 0.6 is 11.3 Å². The molecule has 13 rings (SSSR count). The van der Waals surface area contributed by atoms with Crippen LogP contribution in [0.4, 0.5) is 0 Å². The quantitative estimate of drug-likeness (QED) is 0.160. The number of benzene rings is 10. The van der Waals surface area contributed by atoms with Gasteiger partial charge >= 0.3 is 0 Å². The molecule has 0 atom stereocenters. The van der Waals surface area contributed by atoms with E-state index in [1.807, 2.05) is 11.3 Å². The van der Waals surface area contributed by atoms with E-state index in [4.69, 9.17) is 15.0 Å². The predicted octanol–water partition coefficient (Wildman–Crippen LogP) is 16.4. The third-order valence-corrected chi connectivity index (χ3v) is 14.9. The van der Waals surface area contributed by atoms with Crippen molar-refractivity contribution in [1.29, 1.82) is 0 Å². The molecule has 2 heterocycles. The van der Waals surface area contributed by atoms with E-state index in [0.717, 1.165) is 27.8 Å². The van der Waals surface area contributed by atoms with Gasteiger partial charge in [-0.2, -0.15) is 0 Å². The summed E-state index contributed by atoms with van der Waals surface area (Å²) >= 11 is 1.85. The van der Waals surface area contributed by atoms with Crippen LogP contribution in [-0.2, 0) is 5.41 Å². The van der Waals surface area contributed by atoms with Crippen LogP contribution in [0.25, 0.3) is 98.5 Å². The van der Waals surface area contributed by atoms with Gasteiger partial charge in [-0.05, 0) is 109 Å². The number of rotatable bonds is 7. The highest BCUT2D eigenvalue weighted by Gasteiger charge is 2.46. The Morgan fingerprint density at radius 2 is 0.851 bits per heavy atom. The van der Waals surface area contributed by atoms with Gasteiger partial charge in [-0.1, -0.05) is 200 Å². The first-order valence-electron chi connectivity index (χ1n) is 22.8. The molecular formula is C63H41N3S. The standard InChI is InChI=1S/C63H41N3S/c1-40-37-45(31-34-49(40)44-33-36-59-55(38-44)54-23-11-13-26-58(54)67-59)61-64-60(43-29-27-42(28-30-43)51-24-14-16-41-15-8-9-21-50(41)51)65-62(66-61)46-32-35-53-52-22-10-12-25-56(52)63(57(53)39-46,47-17-4-2-5-18-47)48-19-6-3-7-20-48/h2-39H,1H3. The van der Waals surface area contributed by atoms with Crippen molar-refractivity contribution in [3.8, 4) is 67.5 Å². The molecule has 4 heteroatoms. The lowest BCUT2D eigenvalue weighted by molar-refractivity contribution is 0.768. The van der Waals surface area contributed by atoms with Gasteiger partial charge in [0.05, 0.1) is 5.41 Å². The van der Waals surface area contributed by atoms with Gasteiger partial charge < -0.3 is 0 Å². The third kappa shape index (κ3) is 6.36. The van der Waals surface area contributed by atoms with Gasteiger partial charge in [-0.3, -0.25) is 0 Å². The Morgan fingerprint density at radius 3 is 1.60 bits per heavy atom. The smallest absolute Gasteiger partial charge is 0.164 e. The van der Waals surface area contributed by atoms with E-state index in [2.05, 4.69) is 237 Å². The highest BCUT2D eigenvalue weighted by atomic mass is 32.1. The number of aryl methyl sites for hydroxylation is 1. The first kappa shape index (κ1) is 39.1. The zero-order valence-corrected chi connectivity index (χ0v) is 37.5. The van der Waals surface area contributed by atoms with E-state index >= 15 is 0 Å². The van der Waals surface area contributed by atoms with E-state index in [9.17, 15) is 0 Å². The first-order chi connectivity index (χ1) is 33.1. The van der Waals surface area contributed by atoms with E-state index in [-0.39, 0.29) is 0 Å². The molecule has 0 radical (unpaired) electrons. The molecule has 12 aromatic rings. The van der Waals surface area contributed by atoms with Gasteiger partial charge in [0.15, 0.2) is 17.5 Å². The zero-order valence-electron chi connectivity index (χ0n) is 36.7. The van der Waals surface area contributed by atoms with Crippen LogP contribution < -0.4 is 0 Å². The molecule has 2 aromatic heterocycles. The van der Waals surface area contributed by atoms with Crippen LogP contribution in [0.2, 0.25) is 0 Å². The number of hydrogen-bond acceptors (Lipinski definition) is 4. The predicted molar refractivity (Wildman–Crippen MR) is 279 cm³/mol. The van der Waals surface area contributed by atoms with Crippen molar-refractivity contribution in [2.45, 2.75) is 12.3 Å². The second kappa shape index (κ2) is 15.7. The number of fused-ring (bicyclic) bond motifs is 7. The van der Waals surface area contributed by atoms with Gasteiger partial charge in [0.1, 0.15) is 0 Å². The highest BCUT2D eigenvalue weighted by Crippen LogP contribution is 2.56. The minimum Gasteiger partial charge on any atom is -0.208 e. The fourth-order valence-corrected chi connectivity index (χ4v) is 11.7. The average molecular weight is 872 g/mol. The lowest BCUT2D eigenvalue weighted by Gasteiger charge is -2.34. The molecule has 0 saturated heterocycles. The monoisotopic (exact) mass is 871 g/mol. The number of thiophene rings is 1. The minimum atomic E-state index is -0.550. The van der Waals surface area contributed by atoms with Crippen molar-refractivity contribution in [2.75, 3.05) is 0 Å². The molecule has 0 unspecified atom stereocenters. The van der Waals surface area contributed by atoms with E-state index in [1.165, 1.54) is 81.0 Å². The number of hydrogen-bond donors (Lipinski definition) is 0. The molecule has 0 saturated carbocycles. The summed E-state index contributed by atoms with van der Waals surface area (Å²) in [5, 5.41) is 5.04. The number of aromatic nitrogens is 3. The zero-order chi connectivity index (χ0) is 44.5. The second-order valence-corrected chi connectivity index (χ2v) is 18.6. The molecule has 0 bridgehead atoms. The summed E-state index contributed by atoms with van der Waals surface area (Å²) in [6.07, 6.45) is 0. The lowest BCUT2D eigenvalue weighted by atomic mass is 9.67. The summed E-state index contributed by atoms with van der Waals surface area (Å²) < 4.78 is 2.61. The van der Waals surface area contributed by atoms with Crippen molar-refractivity contribution in [3.05, 3.63) is 258 Å². The summed E-state index contributed by atoms with van der Waals surface area (Å²) in [5.74, 6) is 1.89. The van der Waals surface area contributed by atoms with Crippen molar-refractivity contribution in [2.24, 2.45) is 0 Å². The van der Waals surface area contributed by atoms with Crippen molar-refractivity contribution < 1.29 is 0 Å². The summed E-state index contributed by atoms with van der Waals surface area (Å²) in [4.78, 5) is 16.0. The molecule has 0 N–H and O–H groups in total. The fraction of sp³-hybridized carbons (Fsp3) is 0.0317. The summed E-state index contributed by atoms with van der Waals surface area (Å²) in [6, 6.07) is 83.4. The second-order valence-electron chi connectivity index (χ2n) is 17.5. The molecule has 3 nitrogen and oxygen atoms in total. The Morgan fingerprint density at radius 1 is 0.328 bits per heavy atom. The van der Waals surface area contributed by atoms with Crippen LogP contribution in [0.1, 0.15) is 27.8 Å². The normalized spacial score (nSPS) is 12.7. The van der Waals surface area contributed by atoms with Crippen LogP contribution in [0.15, 0.2) is 231 Å². The maximum Gasteiger partial charge on any atom is 0.164 e. The molecule has 1 aliphatic carbocycles. The van der Waals surface area contributed by atoms with E-state index in [1.54, 1.807) is 0 Å².